The van der Waals surface area contributed by atoms with E-state index in [2.05, 4.69) is 29.0 Å². The number of nitrogens with one attached hydrogen (secondary N) is 1. The Hall–Kier alpha value is -1.26. The van der Waals surface area contributed by atoms with Crippen LogP contribution in [0.4, 0.5) is 10.8 Å². The zero-order valence-electron chi connectivity index (χ0n) is 12.1. The summed E-state index contributed by atoms with van der Waals surface area (Å²) in [6.07, 6.45) is 1.95. The van der Waals surface area contributed by atoms with Gasteiger partial charge in [0.1, 0.15) is 0 Å². The Morgan fingerprint density at radius 3 is 2.70 bits per heavy atom. The van der Waals surface area contributed by atoms with Crippen LogP contribution in [-0.2, 0) is 6.54 Å². The third kappa shape index (κ3) is 3.64. The minimum absolute atomic E-state index is 0.776. The highest BCUT2D eigenvalue weighted by molar-refractivity contribution is 7.15. The Labute approximate surface area is 129 Å². The smallest absolute Gasteiger partial charge is 0.185 e. The van der Waals surface area contributed by atoms with Crippen LogP contribution < -0.4 is 10.2 Å². The summed E-state index contributed by atoms with van der Waals surface area (Å²) in [6, 6.07) is 6.04. The highest BCUT2D eigenvalue weighted by Gasteiger charge is 2.07. The monoisotopic (exact) mass is 309 g/mol. The summed E-state index contributed by atoms with van der Waals surface area (Å²) in [5.41, 5.74) is 2.14. The van der Waals surface area contributed by atoms with E-state index in [9.17, 15) is 0 Å². The Morgan fingerprint density at radius 2 is 2.05 bits per heavy atom. The number of hydrogen-bond acceptors (Lipinski definition) is 4. The number of benzene rings is 1. The Kier molecular flexibility index (Phi) is 5.26. The average molecular weight is 310 g/mol. The molecule has 0 atom stereocenters. The number of thiazole rings is 1. The maximum absolute atomic E-state index is 6.12. The first-order valence-electron chi connectivity index (χ1n) is 6.83. The zero-order valence-corrected chi connectivity index (χ0v) is 13.7. The molecule has 1 aromatic heterocycles. The lowest BCUT2D eigenvalue weighted by atomic mass is 10.2. The second kappa shape index (κ2) is 6.95. The molecule has 0 aliphatic heterocycles. The van der Waals surface area contributed by atoms with Crippen molar-refractivity contribution >= 4 is 33.8 Å². The first-order chi connectivity index (χ1) is 9.63. The van der Waals surface area contributed by atoms with Gasteiger partial charge < -0.3 is 10.2 Å². The molecule has 2 aromatic rings. The normalized spacial score (nSPS) is 10.6. The summed E-state index contributed by atoms with van der Waals surface area (Å²) >= 11 is 7.86. The van der Waals surface area contributed by atoms with Gasteiger partial charge in [0.2, 0.25) is 0 Å². The summed E-state index contributed by atoms with van der Waals surface area (Å²) in [4.78, 5) is 7.97. The second-order valence-electron chi connectivity index (χ2n) is 4.60. The van der Waals surface area contributed by atoms with Crippen molar-refractivity contribution in [3.05, 3.63) is 39.9 Å². The number of nitrogens with zero attached hydrogens (tertiary/aromatic N) is 2. The van der Waals surface area contributed by atoms with E-state index < -0.39 is 0 Å². The fourth-order valence-electron chi connectivity index (χ4n) is 1.91. The van der Waals surface area contributed by atoms with Crippen LogP contribution in [0.5, 0.6) is 0 Å². The predicted octanol–water partition coefficient (Wildman–Crippen LogP) is 4.56. The van der Waals surface area contributed by atoms with Crippen LogP contribution in [0.25, 0.3) is 0 Å². The minimum atomic E-state index is 0.776. The van der Waals surface area contributed by atoms with Gasteiger partial charge in [0.15, 0.2) is 5.13 Å². The molecule has 20 heavy (non-hydrogen) atoms. The third-order valence-corrected chi connectivity index (χ3v) is 4.68. The Balaban J connectivity index is 1.98. The largest absolute Gasteiger partial charge is 0.380 e. The van der Waals surface area contributed by atoms with Crippen LogP contribution >= 0.6 is 22.9 Å². The van der Waals surface area contributed by atoms with Crippen molar-refractivity contribution in [2.45, 2.75) is 27.3 Å². The van der Waals surface area contributed by atoms with Gasteiger partial charge in [-0.05, 0) is 38.5 Å². The summed E-state index contributed by atoms with van der Waals surface area (Å²) in [6.45, 7) is 9.06. The summed E-state index contributed by atoms with van der Waals surface area (Å²) in [7, 11) is 0. The van der Waals surface area contributed by atoms with Gasteiger partial charge in [-0.3, -0.25) is 0 Å². The molecule has 0 bridgehead atoms. The van der Waals surface area contributed by atoms with Gasteiger partial charge in [0, 0.05) is 34.9 Å². The second-order valence-corrected chi connectivity index (χ2v) is 6.10. The van der Waals surface area contributed by atoms with Crippen LogP contribution in [0.3, 0.4) is 0 Å². The van der Waals surface area contributed by atoms with Crippen LogP contribution in [0.15, 0.2) is 24.4 Å². The number of rotatable bonds is 6. The molecule has 108 valence electrons. The molecule has 0 unspecified atom stereocenters. The van der Waals surface area contributed by atoms with E-state index in [1.54, 1.807) is 11.3 Å². The van der Waals surface area contributed by atoms with E-state index >= 15 is 0 Å². The van der Waals surface area contributed by atoms with Crippen molar-refractivity contribution in [2.24, 2.45) is 0 Å². The van der Waals surface area contributed by atoms with Gasteiger partial charge in [-0.15, -0.1) is 11.3 Å². The lowest BCUT2D eigenvalue weighted by molar-refractivity contribution is 0.860. The van der Waals surface area contributed by atoms with Gasteiger partial charge in [-0.2, -0.15) is 0 Å². The van der Waals surface area contributed by atoms with E-state index in [1.807, 2.05) is 31.3 Å². The van der Waals surface area contributed by atoms with E-state index in [-0.39, 0.29) is 0 Å². The third-order valence-electron chi connectivity index (χ3n) is 3.21. The quantitative estimate of drug-likeness (QED) is 0.847. The van der Waals surface area contributed by atoms with Gasteiger partial charge in [-0.25, -0.2) is 4.98 Å². The summed E-state index contributed by atoms with van der Waals surface area (Å²) < 4.78 is 0. The lowest BCUT2D eigenvalue weighted by Crippen LogP contribution is -2.21. The number of aryl methyl sites for hydroxylation is 1. The molecule has 0 saturated carbocycles. The molecule has 0 saturated heterocycles. The van der Waals surface area contributed by atoms with E-state index in [4.69, 9.17) is 11.6 Å². The molecule has 0 amide bonds. The zero-order chi connectivity index (χ0) is 14.5. The fourth-order valence-corrected chi connectivity index (χ4v) is 3.07. The molecule has 2 rings (SSSR count). The average Bonchev–Trinajstić information content (AvgIpc) is 2.90. The van der Waals surface area contributed by atoms with Crippen molar-refractivity contribution in [1.29, 1.82) is 0 Å². The summed E-state index contributed by atoms with van der Waals surface area (Å²) in [5.74, 6) is 0. The van der Waals surface area contributed by atoms with E-state index in [1.165, 1.54) is 4.88 Å². The van der Waals surface area contributed by atoms with Gasteiger partial charge in [0.25, 0.3) is 0 Å². The molecular formula is C15H20ClN3S. The van der Waals surface area contributed by atoms with Gasteiger partial charge >= 0.3 is 0 Å². The van der Waals surface area contributed by atoms with Crippen molar-refractivity contribution in [1.82, 2.24) is 4.98 Å². The first kappa shape index (κ1) is 15.1. The van der Waals surface area contributed by atoms with Crippen molar-refractivity contribution in [2.75, 3.05) is 23.3 Å². The van der Waals surface area contributed by atoms with Crippen molar-refractivity contribution in [3.8, 4) is 0 Å². The molecule has 0 spiro atoms. The van der Waals surface area contributed by atoms with Crippen molar-refractivity contribution < 1.29 is 0 Å². The molecule has 1 N–H and O–H groups in total. The molecule has 5 heteroatoms. The Morgan fingerprint density at radius 1 is 1.30 bits per heavy atom. The van der Waals surface area contributed by atoms with Crippen molar-refractivity contribution in [3.63, 3.8) is 0 Å². The fraction of sp³-hybridized carbons (Fsp3) is 0.400. The molecule has 0 aliphatic rings. The van der Waals surface area contributed by atoms with E-state index in [0.717, 1.165) is 41.0 Å². The maximum Gasteiger partial charge on any atom is 0.185 e. The lowest BCUT2D eigenvalue weighted by Gasteiger charge is -2.16. The van der Waals surface area contributed by atoms with Gasteiger partial charge in [0.05, 0.1) is 6.54 Å². The van der Waals surface area contributed by atoms with Crippen LogP contribution in [0, 0.1) is 6.92 Å². The molecule has 0 radical (unpaired) electrons. The number of hydrogen-bond donors (Lipinski definition) is 1. The minimum Gasteiger partial charge on any atom is -0.380 e. The van der Waals surface area contributed by atoms with Crippen LogP contribution in [-0.4, -0.2) is 18.1 Å². The molecule has 0 fully saturated rings. The SMILES string of the molecule is CCN(CC)c1ncc(CNc2ccc(C)c(Cl)c2)s1. The molecule has 1 heterocycles. The topological polar surface area (TPSA) is 28.2 Å². The standard InChI is InChI=1S/C15H20ClN3S/c1-4-19(5-2)15-18-10-13(20-15)9-17-12-7-6-11(3)14(16)8-12/h6-8,10,17H,4-5,9H2,1-3H3. The van der Waals surface area contributed by atoms with E-state index in [0.29, 0.717) is 0 Å². The van der Waals surface area contributed by atoms with Crippen LogP contribution in [0.2, 0.25) is 5.02 Å². The molecule has 1 aromatic carbocycles. The Bertz CT molecular complexity index is 564. The highest BCUT2D eigenvalue weighted by Crippen LogP contribution is 2.24. The molecule has 3 nitrogen and oxygen atoms in total. The number of halogens is 1. The molecular weight excluding hydrogens is 290 g/mol. The first-order valence-corrected chi connectivity index (χ1v) is 8.03. The highest BCUT2D eigenvalue weighted by atomic mass is 35.5. The predicted molar refractivity (Wildman–Crippen MR) is 89.2 cm³/mol. The summed E-state index contributed by atoms with van der Waals surface area (Å²) in [5, 5.41) is 5.27. The number of aromatic nitrogens is 1. The van der Waals surface area contributed by atoms with Crippen LogP contribution in [0.1, 0.15) is 24.3 Å². The molecule has 0 aliphatic carbocycles. The van der Waals surface area contributed by atoms with Gasteiger partial charge in [-0.1, -0.05) is 17.7 Å². The maximum atomic E-state index is 6.12. The number of anilines is 2.